The quantitative estimate of drug-likeness (QED) is 0.632. The summed E-state index contributed by atoms with van der Waals surface area (Å²) in [6, 6.07) is 13.8. The number of amides is 3. The lowest BCUT2D eigenvalue weighted by Crippen LogP contribution is -2.57. The molecule has 0 saturated carbocycles. The number of hydrogen-bond acceptors (Lipinski definition) is 4. The minimum atomic E-state index is -4.54. The van der Waals surface area contributed by atoms with Crippen molar-refractivity contribution in [2.75, 3.05) is 31.2 Å². The van der Waals surface area contributed by atoms with Gasteiger partial charge in [0, 0.05) is 30.4 Å². The van der Waals surface area contributed by atoms with Gasteiger partial charge in [-0.15, -0.1) is 0 Å². The molecule has 2 fully saturated rings. The molecule has 3 amide bonds. The van der Waals surface area contributed by atoms with Gasteiger partial charge < -0.3 is 20.0 Å². The second-order valence-corrected chi connectivity index (χ2v) is 9.69. The largest absolute Gasteiger partial charge is 0.416 e. The van der Waals surface area contributed by atoms with E-state index >= 15 is 0 Å². The predicted octanol–water partition coefficient (Wildman–Crippen LogP) is 3.90. The molecule has 2 aliphatic heterocycles. The molecule has 37 heavy (non-hydrogen) atoms. The van der Waals surface area contributed by atoms with Crippen molar-refractivity contribution < 1.29 is 27.6 Å². The zero-order chi connectivity index (χ0) is 26.8. The first-order valence-electron chi connectivity index (χ1n) is 12.4. The smallest absolute Gasteiger partial charge is 0.352 e. The number of halogens is 3. The van der Waals surface area contributed by atoms with Crippen molar-refractivity contribution in [2.24, 2.45) is 0 Å². The Kier molecular flexibility index (Phi) is 7.47. The Bertz CT molecular complexity index is 1150. The monoisotopic (exact) mass is 516 g/mol. The molecule has 1 atom stereocenters. The van der Waals surface area contributed by atoms with E-state index in [1.165, 1.54) is 21.9 Å². The molecule has 0 radical (unpaired) electrons. The van der Waals surface area contributed by atoms with Gasteiger partial charge in [-0.05, 0) is 56.5 Å². The van der Waals surface area contributed by atoms with Crippen LogP contribution in [0.4, 0.5) is 18.9 Å². The fourth-order valence-electron chi connectivity index (χ4n) is 5.01. The Morgan fingerprint density at radius 3 is 2.35 bits per heavy atom. The highest BCUT2D eigenvalue weighted by Crippen LogP contribution is 2.40. The highest BCUT2D eigenvalue weighted by Gasteiger charge is 2.54. The van der Waals surface area contributed by atoms with E-state index in [-0.39, 0.29) is 49.7 Å². The molecular weight excluding hydrogens is 485 g/mol. The first kappa shape index (κ1) is 26.5. The average molecular weight is 517 g/mol. The fourth-order valence-corrected chi connectivity index (χ4v) is 5.01. The molecule has 2 aromatic rings. The van der Waals surface area contributed by atoms with Gasteiger partial charge in [0.2, 0.25) is 5.91 Å². The molecule has 1 unspecified atom stereocenters. The zero-order valence-corrected chi connectivity index (χ0v) is 20.9. The molecule has 10 heteroatoms. The highest BCUT2D eigenvalue weighted by atomic mass is 19.4. The van der Waals surface area contributed by atoms with Crippen LogP contribution in [0.1, 0.15) is 49.0 Å². The standard InChI is InChI=1S/C27H31F3N4O3/c1-3-19(2)31-23(35)17-33-18-34(22-10-5-4-6-11-22)26(25(33)37)12-14-32(15-13-26)24(36)20-8-7-9-21(16-20)27(28,29)30/h4-11,16,19H,3,12-15,17-18H2,1-2H3,(H,31,35). The van der Waals surface area contributed by atoms with Gasteiger partial charge >= 0.3 is 6.18 Å². The summed E-state index contributed by atoms with van der Waals surface area (Å²) in [6.45, 7) is 4.44. The molecule has 1 spiro atoms. The second-order valence-electron chi connectivity index (χ2n) is 9.69. The third-order valence-corrected chi connectivity index (χ3v) is 7.25. The SMILES string of the molecule is CCC(C)NC(=O)CN1CN(c2ccccc2)C2(CCN(C(=O)c3cccc(C(F)(F)F)c3)CC2)C1=O. The molecule has 0 aromatic heterocycles. The number of piperidine rings is 1. The molecule has 2 saturated heterocycles. The van der Waals surface area contributed by atoms with Gasteiger partial charge in [-0.25, -0.2) is 0 Å². The highest BCUT2D eigenvalue weighted by molar-refractivity contribution is 5.97. The molecule has 0 aliphatic carbocycles. The van der Waals surface area contributed by atoms with Gasteiger partial charge in [-0.3, -0.25) is 14.4 Å². The number of nitrogens with one attached hydrogen (secondary N) is 1. The Hall–Kier alpha value is -3.56. The van der Waals surface area contributed by atoms with E-state index in [1.807, 2.05) is 49.1 Å². The van der Waals surface area contributed by atoms with Gasteiger partial charge in [0.15, 0.2) is 0 Å². The number of para-hydroxylation sites is 1. The van der Waals surface area contributed by atoms with Gasteiger partial charge in [-0.1, -0.05) is 31.2 Å². The van der Waals surface area contributed by atoms with E-state index in [9.17, 15) is 27.6 Å². The van der Waals surface area contributed by atoms with Crippen molar-refractivity contribution in [3.05, 3.63) is 65.7 Å². The van der Waals surface area contributed by atoms with Crippen molar-refractivity contribution in [1.29, 1.82) is 0 Å². The second kappa shape index (κ2) is 10.4. The number of hydrogen-bond donors (Lipinski definition) is 1. The van der Waals surface area contributed by atoms with Gasteiger partial charge in [-0.2, -0.15) is 13.2 Å². The van der Waals surface area contributed by atoms with E-state index in [0.29, 0.717) is 12.8 Å². The molecule has 2 aliphatic rings. The molecular formula is C27H31F3N4O3. The normalized spacial score (nSPS) is 18.3. The number of alkyl halides is 3. The van der Waals surface area contributed by atoms with Gasteiger partial charge in [0.25, 0.3) is 11.8 Å². The minimum absolute atomic E-state index is 0.00510. The van der Waals surface area contributed by atoms with E-state index in [2.05, 4.69) is 5.32 Å². The number of nitrogens with zero attached hydrogens (tertiary/aromatic N) is 3. The summed E-state index contributed by atoms with van der Waals surface area (Å²) in [6.07, 6.45) is -3.17. The topological polar surface area (TPSA) is 73.0 Å². The van der Waals surface area contributed by atoms with Crippen LogP contribution in [0.3, 0.4) is 0 Å². The first-order valence-corrected chi connectivity index (χ1v) is 12.4. The third kappa shape index (κ3) is 5.42. The zero-order valence-electron chi connectivity index (χ0n) is 20.9. The van der Waals surface area contributed by atoms with Crippen molar-refractivity contribution in [3.8, 4) is 0 Å². The molecule has 2 aromatic carbocycles. The lowest BCUT2D eigenvalue weighted by molar-refractivity contribution is -0.137. The van der Waals surface area contributed by atoms with Crippen molar-refractivity contribution in [1.82, 2.24) is 15.1 Å². The Morgan fingerprint density at radius 1 is 1.05 bits per heavy atom. The summed E-state index contributed by atoms with van der Waals surface area (Å²) in [4.78, 5) is 44.4. The number of carbonyl (C=O) groups is 3. The number of likely N-dealkylation sites (tertiary alicyclic amines) is 1. The van der Waals surface area contributed by atoms with Crippen molar-refractivity contribution in [2.45, 2.75) is 50.9 Å². The Labute approximate surface area is 214 Å². The number of anilines is 1. The lowest BCUT2D eigenvalue weighted by atomic mass is 9.85. The molecule has 198 valence electrons. The van der Waals surface area contributed by atoms with E-state index in [1.54, 1.807) is 0 Å². The Morgan fingerprint density at radius 2 is 1.73 bits per heavy atom. The van der Waals surface area contributed by atoms with Crippen molar-refractivity contribution in [3.63, 3.8) is 0 Å². The predicted molar refractivity (Wildman–Crippen MR) is 133 cm³/mol. The first-order chi connectivity index (χ1) is 17.5. The third-order valence-electron chi connectivity index (χ3n) is 7.25. The van der Waals surface area contributed by atoms with Crippen LogP contribution in [-0.2, 0) is 15.8 Å². The van der Waals surface area contributed by atoms with Gasteiger partial charge in [0.1, 0.15) is 12.1 Å². The van der Waals surface area contributed by atoms with Crippen LogP contribution in [-0.4, -0.2) is 65.4 Å². The fraction of sp³-hybridized carbons (Fsp3) is 0.444. The summed E-state index contributed by atoms with van der Waals surface area (Å²) in [7, 11) is 0. The maximum atomic E-state index is 13.7. The van der Waals surface area contributed by atoms with Gasteiger partial charge in [0.05, 0.1) is 12.2 Å². The van der Waals surface area contributed by atoms with Crippen molar-refractivity contribution >= 4 is 23.4 Å². The molecule has 7 nitrogen and oxygen atoms in total. The molecule has 2 heterocycles. The van der Waals surface area contributed by atoms with Crippen LogP contribution in [0, 0.1) is 0 Å². The molecule has 1 N–H and O–H groups in total. The number of benzene rings is 2. The van der Waals surface area contributed by atoms with Crippen LogP contribution >= 0.6 is 0 Å². The lowest BCUT2D eigenvalue weighted by Gasteiger charge is -2.43. The van der Waals surface area contributed by atoms with E-state index in [0.717, 1.165) is 24.2 Å². The minimum Gasteiger partial charge on any atom is -0.352 e. The van der Waals surface area contributed by atoms with Crippen LogP contribution in [0.25, 0.3) is 0 Å². The summed E-state index contributed by atoms with van der Waals surface area (Å²) in [5, 5.41) is 2.89. The maximum Gasteiger partial charge on any atom is 0.416 e. The maximum absolute atomic E-state index is 13.7. The van der Waals surface area contributed by atoms with Crippen LogP contribution in [0.5, 0.6) is 0 Å². The summed E-state index contributed by atoms with van der Waals surface area (Å²) in [5.41, 5.74) is -1.02. The molecule has 4 rings (SSSR count). The summed E-state index contributed by atoms with van der Waals surface area (Å²) >= 11 is 0. The van der Waals surface area contributed by atoms with E-state index in [4.69, 9.17) is 0 Å². The summed E-state index contributed by atoms with van der Waals surface area (Å²) < 4.78 is 39.4. The van der Waals surface area contributed by atoms with Crippen LogP contribution in [0.2, 0.25) is 0 Å². The van der Waals surface area contributed by atoms with Crippen LogP contribution < -0.4 is 10.2 Å². The Balaban J connectivity index is 1.53. The molecule has 0 bridgehead atoms. The summed E-state index contributed by atoms with van der Waals surface area (Å²) in [5.74, 6) is -0.908. The number of rotatable bonds is 6. The van der Waals surface area contributed by atoms with Crippen LogP contribution in [0.15, 0.2) is 54.6 Å². The number of carbonyl (C=O) groups excluding carboxylic acids is 3. The average Bonchev–Trinajstić information content (AvgIpc) is 3.14. The van der Waals surface area contributed by atoms with E-state index < -0.39 is 23.2 Å².